The van der Waals surface area contributed by atoms with Gasteiger partial charge >= 0.3 is 0 Å². The molecule has 0 bridgehead atoms. The fourth-order valence-electron chi connectivity index (χ4n) is 1.83. The third-order valence-corrected chi connectivity index (χ3v) is 2.89. The second kappa shape index (κ2) is 6.06. The number of hydrogen-bond acceptors (Lipinski definition) is 4. The van der Waals surface area contributed by atoms with Gasteiger partial charge in [-0.2, -0.15) is 0 Å². The third-order valence-electron chi connectivity index (χ3n) is 2.89. The van der Waals surface area contributed by atoms with E-state index in [2.05, 4.69) is 0 Å². The summed E-state index contributed by atoms with van der Waals surface area (Å²) in [5.74, 6) is 1.21. The number of ether oxygens (including phenoxy) is 2. The molecule has 2 aromatic rings. The Kier molecular flexibility index (Phi) is 4.20. The molecule has 0 aliphatic carbocycles. The first-order valence-electron chi connectivity index (χ1n) is 6.11. The van der Waals surface area contributed by atoms with Crippen LogP contribution in [0.5, 0.6) is 11.5 Å². The van der Waals surface area contributed by atoms with Crippen LogP contribution in [0, 0.1) is 17.0 Å². The predicted octanol–water partition coefficient (Wildman–Crippen LogP) is 3.49. The molecule has 0 heterocycles. The summed E-state index contributed by atoms with van der Waals surface area (Å²) in [6.07, 6.45) is 0. The molecular formula is C15H15NO4. The molecular weight excluding hydrogens is 258 g/mol. The van der Waals surface area contributed by atoms with Gasteiger partial charge in [0.25, 0.3) is 5.69 Å². The lowest BCUT2D eigenvalue weighted by Crippen LogP contribution is -1.99. The molecule has 0 fully saturated rings. The van der Waals surface area contributed by atoms with E-state index in [9.17, 15) is 10.1 Å². The van der Waals surface area contributed by atoms with E-state index in [1.807, 2.05) is 31.2 Å². The topological polar surface area (TPSA) is 61.6 Å². The number of methoxy groups -OCH3 is 1. The lowest BCUT2D eigenvalue weighted by atomic mass is 10.2. The van der Waals surface area contributed by atoms with Crippen LogP contribution in [-0.2, 0) is 6.61 Å². The summed E-state index contributed by atoms with van der Waals surface area (Å²) in [5.41, 5.74) is 1.71. The van der Waals surface area contributed by atoms with Crippen molar-refractivity contribution in [2.45, 2.75) is 13.5 Å². The molecule has 0 saturated heterocycles. The zero-order valence-corrected chi connectivity index (χ0v) is 11.3. The Hall–Kier alpha value is -2.56. The maximum absolute atomic E-state index is 10.9. The van der Waals surface area contributed by atoms with Crippen molar-refractivity contribution in [3.63, 3.8) is 0 Å². The van der Waals surface area contributed by atoms with E-state index in [0.717, 1.165) is 11.3 Å². The predicted molar refractivity (Wildman–Crippen MR) is 75.2 cm³/mol. The van der Waals surface area contributed by atoms with Crippen LogP contribution in [-0.4, -0.2) is 12.0 Å². The largest absolute Gasteiger partial charge is 0.496 e. The number of aryl methyl sites for hydroxylation is 1. The summed E-state index contributed by atoms with van der Waals surface area (Å²) < 4.78 is 10.7. The van der Waals surface area contributed by atoms with E-state index in [1.54, 1.807) is 6.07 Å². The molecule has 0 aromatic heterocycles. The summed E-state index contributed by atoms with van der Waals surface area (Å²) in [6, 6.07) is 12.2. The smallest absolute Gasteiger partial charge is 0.273 e. The SMILES string of the molecule is COc1cc(COc2ccccc2C)cc([N+](=O)[O-])c1. The molecule has 20 heavy (non-hydrogen) atoms. The van der Waals surface area contributed by atoms with E-state index in [-0.39, 0.29) is 12.3 Å². The van der Waals surface area contributed by atoms with Gasteiger partial charge in [0.2, 0.25) is 0 Å². The number of nitro groups is 1. The Labute approximate surface area is 116 Å². The number of benzene rings is 2. The fraction of sp³-hybridized carbons (Fsp3) is 0.200. The summed E-state index contributed by atoms with van der Waals surface area (Å²) in [4.78, 5) is 10.4. The summed E-state index contributed by atoms with van der Waals surface area (Å²) in [7, 11) is 1.48. The Morgan fingerprint density at radius 2 is 1.95 bits per heavy atom. The summed E-state index contributed by atoms with van der Waals surface area (Å²) in [6.45, 7) is 2.20. The lowest BCUT2D eigenvalue weighted by molar-refractivity contribution is -0.385. The molecule has 0 radical (unpaired) electrons. The number of nitro benzene ring substituents is 1. The van der Waals surface area contributed by atoms with E-state index >= 15 is 0 Å². The molecule has 2 rings (SSSR count). The Balaban J connectivity index is 2.19. The average molecular weight is 273 g/mol. The fourth-order valence-corrected chi connectivity index (χ4v) is 1.83. The summed E-state index contributed by atoms with van der Waals surface area (Å²) >= 11 is 0. The van der Waals surface area contributed by atoms with E-state index in [0.29, 0.717) is 11.3 Å². The number of nitrogens with zero attached hydrogens (tertiary/aromatic N) is 1. The van der Waals surface area contributed by atoms with Crippen LogP contribution in [0.1, 0.15) is 11.1 Å². The number of hydrogen-bond donors (Lipinski definition) is 0. The maximum atomic E-state index is 10.9. The van der Waals surface area contributed by atoms with E-state index < -0.39 is 4.92 Å². The normalized spacial score (nSPS) is 10.1. The highest BCUT2D eigenvalue weighted by Gasteiger charge is 2.11. The number of rotatable bonds is 5. The first-order valence-corrected chi connectivity index (χ1v) is 6.11. The van der Waals surface area contributed by atoms with Crippen molar-refractivity contribution in [2.24, 2.45) is 0 Å². The van der Waals surface area contributed by atoms with Gasteiger partial charge in [-0.15, -0.1) is 0 Å². The van der Waals surface area contributed by atoms with E-state index in [1.165, 1.54) is 19.2 Å². The molecule has 0 aliphatic rings. The first-order chi connectivity index (χ1) is 9.60. The molecule has 0 saturated carbocycles. The second-order valence-electron chi connectivity index (χ2n) is 4.35. The van der Waals surface area contributed by atoms with Gasteiger partial charge in [-0.1, -0.05) is 18.2 Å². The molecule has 2 aromatic carbocycles. The van der Waals surface area contributed by atoms with Gasteiger partial charge in [0, 0.05) is 6.07 Å². The van der Waals surface area contributed by atoms with Crippen LogP contribution in [0.4, 0.5) is 5.69 Å². The van der Waals surface area contributed by atoms with Gasteiger partial charge < -0.3 is 9.47 Å². The number of para-hydroxylation sites is 1. The highest BCUT2D eigenvalue weighted by molar-refractivity contribution is 5.43. The molecule has 0 atom stereocenters. The molecule has 5 nitrogen and oxygen atoms in total. The Morgan fingerprint density at radius 3 is 2.60 bits per heavy atom. The third kappa shape index (κ3) is 3.26. The quantitative estimate of drug-likeness (QED) is 0.618. The van der Waals surface area contributed by atoms with Crippen molar-refractivity contribution in [1.29, 1.82) is 0 Å². The molecule has 0 unspecified atom stereocenters. The zero-order valence-electron chi connectivity index (χ0n) is 11.3. The van der Waals surface area contributed by atoms with Gasteiger partial charge in [-0.3, -0.25) is 10.1 Å². The first kappa shape index (κ1) is 13.9. The molecule has 0 spiro atoms. The molecule has 104 valence electrons. The highest BCUT2D eigenvalue weighted by Crippen LogP contribution is 2.24. The van der Waals surface area contributed by atoms with Gasteiger partial charge in [-0.05, 0) is 30.2 Å². The van der Waals surface area contributed by atoms with Crippen molar-refractivity contribution in [3.8, 4) is 11.5 Å². The maximum Gasteiger partial charge on any atom is 0.273 e. The minimum Gasteiger partial charge on any atom is -0.496 e. The molecule has 0 amide bonds. The molecule has 5 heteroatoms. The molecule has 0 N–H and O–H groups in total. The minimum atomic E-state index is -0.445. The standard InChI is InChI=1S/C15H15NO4/c1-11-5-3-4-6-15(11)20-10-12-7-13(16(17)18)9-14(8-12)19-2/h3-9H,10H2,1-2H3. The van der Waals surface area contributed by atoms with Crippen LogP contribution in [0.3, 0.4) is 0 Å². The summed E-state index contributed by atoms with van der Waals surface area (Å²) in [5, 5.41) is 10.9. The van der Waals surface area contributed by atoms with Gasteiger partial charge in [-0.25, -0.2) is 0 Å². The van der Waals surface area contributed by atoms with Gasteiger partial charge in [0.15, 0.2) is 0 Å². The van der Waals surface area contributed by atoms with Crippen LogP contribution < -0.4 is 9.47 Å². The van der Waals surface area contributed by atoms with Crippen molar-refractivity contribution in [3.05, 3.63) is 63.7 Å². The Bertz CT molecular complexity index is 625. The Morgan fingerprint density at radius 1 is 1.20 bits per heavy atom. The molecule has 0 aliphatic heterocycles. The van der Waals surface area contributed by atoms with Crippen molar-refractivity contribution in [2.75, 3.05) is 7.11 Å². The van der Waals surface area contributed by atoms with Crippen molar-refractivity contribution in [1.82, 2.24) is 0 Å². The van der Waals surface area contributed by atoms with Crippen LogP contribution >= 0.6 is 0 Å². The van der Waals surface area contributed by atoms with Gasteiger partial charge in [0.05, 0.1) is 18.1 Å². The van der Waals surface area contributed by atoms with Crippen molar-refractivity contribution < 1.29 is 14.4 Å². The van der Waals surface area contributed by atoms with E-state index in [4.69, 9.17) is 9.47 Å². The van der Waals surface area contributed by atoms with Crippen LogP contribution in [0.2, 0.25) is 0 Å². The number of non-ortho nitro benzene ring substituents is 1. The zero-order chi connectivity index (χ0) is 14.5. The van der Waals surface area contributed by atoms with Gasteiger partial charge in [0.1, 0.15) is 18.1 Å². The lowest BCUT2D eigenvalue weighted by Gasteiger charge is -2.09. The van der Waals surface area contributed by atoms with Crippen LogP contribution in [0.15, 0.2) is 42.5 Å². The second-order valence-corrected chi connectivity index (χ2v) is 4.35. The average Bonchev–Trinajstić information content (AvgIpc) is 2.46. The van der Waals surface area contributed by atoms with Crippen molar-refractivity contribution >= 4 is 5.69 Å². The monoisotopic (exact) mass is 273 g/mol. The highest BCUT2D eigenvalue weighted by atomic mass is 16.6. The van der Waals surface area contributed by atoms with Crippen LogP contribution in [0.25, 0.3) is 0 Å². The minimum absolute atomic E-state index is 0.00673.